The molecule has 0 spiro atoms. The second-order valence-electron chi connectivity index (χ2n) is 9.30. The third-order valence-corrected chi connectivity index (χ3v) is 8.18. The van der Waals surface area contributed by atoms with Gasteiger partial charge in [-0.05, 0) is 58.4 Å². The van der Waals surface area contributed by atoms with Gasteiger partial charge in [-0.3, -0.25) is 4.79 Å². The minimum absolute atomic E-state index is 0.0631. The summed E-state index contributed by atoms with van der Waals surface area (Å²) in [5.74, 6) is 1.25. The average molecular weight is 663 g/mol. The van der Waals surface area contributed by atoms with E-state index in [0.29, 0.717) is 49.3 Å². The van der Waals surface area contributed by atoms with Gasteiger partial charge >= 0.3 is 0 Å². The first kappa shape index (κ1) is 28.4. The van der Waals surface area contributed by atoms with E-state index < -0.39 is 11.4 Å². The number of fused-ring (bicyclic) bond motifs is 2. The molecule has 0 bridgehead atoms. The van der Waals surface area contributed by atoms with Crippen LogP contribution < -0.4 is 19.8 Å². The standard InChI is InChI=1S/C32H22BrClFN3O5/c1-40-24-12-7-13-25-21(24)15-27(43-25)31-37-23-11-6-4-9-20(23)32(39)38(31)36-16-19-14-26(41-2)30(29(34)28(19)33)42-17-18-8-3-5-10-22(18)35/h3-16H,17H2,1-2H3. The summed E-state index contributed by atoms with van der Waals surface area (Å²) in [4.78, 5) is 18.4. The molecule has 2 heterocycles. The Morgan fingerprint density at radius 1 is 1.00 bits per heavy atom. The van der Waals surface area contributed by atoms with Crippen LogP contribution in [0, 0.1) is 5.82 Å². The molecule has 43 heavy (non-hydrogen) atoms. The molecule has 0 aliphatic carbocycles. The number of hydrogen-bond donors (Lipinski definition) is 0. The van der Waals surface area contributed by atoms with Crippen LogP contribution in [0.1, 0.15) is 11.1 Å². The fourth-order valence-electron chi connectivity index (χ4n) is 4.58. The van der Waals surface area contributed by atoms with E-state index in [2.05, 4.69) is 21.0 Å². The highest BCUT2D eigenvalue weighted by atomic mass is 79.9. The number of methoxy groups -OCH3 is 2. The maximum Gasteiger partial charge on any atom is 0.282 e. The predicted molar refractivity (Wildman–Crippen MR) is 167 cm³/mol. The van der Waals surface area contributed by atoms with Gasteiger partial charge in [0.25, 0.3) is 5.56 Å². The minimum Gasteiger partial charge on any atom is -0.496 e. The van der Waals surface area contributed by atoms with Gasteiger partial charge in [-0.2, -0.15) is 9.78 Å². The van der Waals surface area contributed by atoms with E-state index in [4.69, 9.17) is 35.2 Å². The summed E-state index contributed by atoms with van der Waals surface area (Å²) in [7, 11) is 3.03. The van der Waals surface area contributed by atoms with Crippen LogP contribution in [0.15, 0.2) is 97.6 Å². The van der Waals surface area contributed by atoms with Gasteiger partial charge in [0, 0.05) is 15.6 Å². The van der Waals surface area contributed by atoms with Crippen molar-refractivity contribution in [1.82, 2.24) is 9.66 Å². The molecule has 6 rings (SSSR count). The normalized spacial score (nSPS) is 11.5. The van der Waals surface area contributed by atoms with Crippen molar-refractivity contribution < 1.29 is 23.0 Å². The Balaban J connectivity index is 1.44. The van der Waals surface area contributed by atoms with Gasteiger partial charge < -0.3 is 18.6 Å². The van der Waals surface area contributed by atoms with Crippen molar-refractivity contribution in [1.29, 1.82) is 0 Å². The van der Waals surface area contributed by atoms with Gasteiger partial charge in [-0.1, -0.05) is 48.0 Å². The van der Waals surface area contributed by atoms with Gasteiger partial charge in [-0.25, -0.2) is 9.37 Å². The van der Waals surface area contributed by atoms with Crippen LogP contribution in [0.4, 0.5) is 4.39 Å². The number of para-hydroxylation sites is 1. The predicted octanol–water partition coefficient (Wildman–Crippen LogP) is 7.84. The number of hydrogen-bond acceptors (Lipinski definition) is 7. The van der Waals surface area contributed by atoms with Crippen LogP contribution in [-0.4, -0.2) is 30.1 Å². The lowest BCUT2D eigenvalue weighted by atomic mass is 10.2. The third-order valence-electron chi connectivity index (χ3n) is 6.73. The molecule has 0 amide bonds. The topological polar surface area (TPSA) is 88.1 Å². The van der Waals surface area contributed by atoms with E-state index in [9.17, 15) is 9.18 Å². The zero-order chi connectivity index (χ0) is 30.1. The van der Waals surface area contributed by atoms with Crippen molar-refractivity contribution in [3.63, 3.8) is 0 Å². The molecular formula is C32H22BrClFN3O5. The Hall–Kier alpha value is -4.67. The van der Waals surface area contributed by atoms with Crippen molar-refractivity contribution >= 4 is 55.6 Å². The average Bonchev–Trinajstić information content (AvgIpc) is 3.47. The number of ether oxygens (including phenoxy) is 3. The fraction of sp³-hybridized carbons (Fsp3) is 0.0938. The molecule has 0 aliphatic rings. The number of aromatic nitrogens is 2. The molecule has 8 nitrogen and oxygen atoms in total. The number of halogens is 3. The molecule has 0 aliphatic heterocycles. The van der Waals surface area contributed by atoms with Gasteiger partial charge in [-0.15, -0.1) is 0 Å². The zero-order valence-corrected chi connectivity index (χ0v) is 25.1. The van der Waals surface area contributed by atoms with E-state index in [0.717, 1.165) is 5.39 Å². The third kappa shape index (κ3) is 5.35. The summed E-state index contributed by atoms with van der Waals surface area (Å²) in [5, 5.41) is 5.81. The molecule has 0 saturated heterocycles. The van der Waals surface area contributed by atoms with E-state index in [1.165, 1.54) is 24.1 Å². The van der Waals surface area contributed by atoms with Gasteiger partial charge in [0.1, 0.15) is 28.8 Å². The molecule has 0 radical (unpaired) electrons. The molecule has 0 unspecified atom stereocenters. The lowest BCUT2D eigenvalue weighted by molar-refractivity contribution is 0.279. The highest BCUT2D eigenvalue weighted by Gasteiger charge is 2.20. The minimum atomic E-state index is -0.400. The summed E-state index contributed by atoms with van der Waals surface area (Å²) < 4.78 is 38.7. The summed E-state index contributed by atoms with van der Waals surface area (Å²) in [6.45, 7) is -0.0631. The van der Waals surface area contributed by atoms with Crippen molar-refractivity contribution in [3.05, 3.63) is 116 Å². The maximum atomic E-state index is 14.1. The zero-order valence-electron chi connectivity index (χ0n) is 22.8. The van der Waals surface area contributed by atoms with Crippen molar-refractivity contribution in [2.75, 3.05) is 14.2 Å². The van der Waals surface area contributed by atoms with Crippen LogP contribution in [0.2, 0.25) is 5.02 Å². The number of nitrogens with zero attached hydrogens (tertiary/aromatic N) is 3. The molecule has 0 saturated carbocycles. The molecule has 11 heteroatoms. The first-order chi connectivity index (χ1) is 20.9. The van der Waals surface area contributed by atoms with E-state index in [1.807, 2.05) is 12.1 Å². The first-order valence-electron chi connectivity index (χ1n) is 12.9. The lowest BCUT2D eigenvalue weighted by Crippen LogP contribution is -2.20. The summed E-state index contributed by atoms with van der Waals surface area (Å²) >= 11 is 10.2. The van der Waals surface area contributed by atoms with Crippen LogP contribution in [0.3, 0.4) is 0 Å². The molecule has 2 aromatic heterocycles. The summed E-state index contributed by atoms with van der Waals surface area (Å²) in [6, 6.07) is 22.1. The van der Waals surface area contributed by atoms with E-state index in [-0.39, 0.29) is 23.2 Å². The monoisotopic (exact) mass is 661 g/mol. The second kappa shape index (κ2) is 11.9. The number of furan rings is 1. The van der Waals surface area contributed by atoms with Crippen molar-refractivity contribution in [2.45, 2.75) is 6.61 Å². The molecular weight excluding hydrogens is 641 g/mol. The molecule has 216 valence electrons. The van der Waals surface area contributed by atoms with Gasteiger partial charge in [0.15, 0.2) is 17.3 Å². The van der Waals surface area contributed by atoms with Crippen LogP contribution in [0.5, 0.6) is 17.2 Å². The van der Waals surface area contributed by atoms with Crippen molar-refractivity contribution in [2.24, 2.45) is 5.10 Å². The van der Waals surface area contributed by atoms with E-state index in [1.54, 1.807) is 67.8 Å². The maximum absolute atomic E-state index is 14.1. The van der Waals surface area contributed by atoms with Crippen molar-refractivity contribution in [3.8, 4) is 28.8 Å². The highest BCUT2D eigenvalue weighted by molar-refractivity contribution is 9.10. The smallest absolute Gasteiger partial charge is 0.282 e. The molecule has 0 atom stereocenters. The number of rotatable bonds is 8. The molecule has 4 aromatic carbocycles. The Morgan fingerprint density at radius 3 is 2.56 bits per heavy atom. The SMILES string of the molecule is COc1cc(C=Nn2c(-c3cc4c(OC)cccc4o3)nc3ccccc3c2=O)c(Br)c(Cl)c1OCc1ccccc1F. The number of benzene rings is 4. The molecule has 6 aromatic rings. The highest BCUT2D eigenvalue weighted by Crippen LogP contribution is 2.42. The van der Waals surface area contributed by atoms with Crippen LogP contribution >= 0.6 is 27.5 Å². The van der Waals surface area contributed by atoms with Gasteiger partial charge in [0.2, 0.25) is 5.82 Å². The van der Waals surface area contributed by atoms with Crippen LogP contribution in [0.25, 0.3) is 33.5 Å². The van der Waals surface area contributed by atoms with Gasteiger partial charge in [0.05, 0.1) is 36.7 Å². The Morgan fingerprint density at radius 2 is 1.77 bits per heavy atom. The Kier molecular flexibility index (Phi) is 7.88. The van der Waals surface area contributed by atoms with E-state index >= 15 is 0 Å². The Bertz CT molecular complexity index is 2090. The molecule has 0 fully saturated rings. The van der Waals surface area contributed by atoms with Crippen LogP contribution in [-0.2, 0) is 6.61 Å². The fourth-order valence-corrected chi connectivity index (χ4v) is 5.24. The first-order valence-corrected chi connectivity index (χ1v) is 14.1. The lowest BCUT2D eigenvalue weighted by Gasteiger charge is -2.15. The Labute approximate surface area is 258 Å². The molecule has 0 N–H and O–H groups in total. The summed E-state index contributed by atoms with van der Waals surface area (Å²) in [5.41, 5.74) is 1.50. The largest absolute Gasteiger partial charge is 0.496 e. The second-order valence-corrected chi connectivity index (χ2v) is 10.5. The quantitative estimate of drug-likeness (QED) is 0.154. The summed E-state index contributed by atoms with van der Waals surface area (Å²) in [6.07, 6.45) is 1.45.